The van der Waals surface area contributed by atoms with Crippen molar-refractivity contribution in [3.8, 4) is 5.19 Å². The first-order valence-corrected chi connectivity index (χ1v) is 10.2. The van der Waals surface area contributed by atoms with Crippen LogP contribution in [0.15, 0.2) is 6.20 Å². The predicted molar refractivity (Wildman–Crippen MR) is 84.0 cm³/mol. The molecule has 0 spiro atoms. The quantitative estimate of drug-likeness (QED) is 0.202. The molecule has 0 bridgehead atoms. The number of nitrogens with two attached hydrogens (primary N) is 1. The second kappa shape index (κ2) is 10.2. The maximum atomic E-state index is 12.5. The molecule has 12 heteroatoms. The third-order valence-corrected chi connectivity index (χ3v) is 5.27. The van der Waals surface area contributed by atoms with Crippen LogP contribution in [-0.4, -0.2) is 28.7 Å². The Morgan fingerprint density at radius 2 is 2.00 bits per heavy atom. The molecular formula is C8H15Br2N4O4PS. The zero-order valence-corrected chi connectivity index (χ0v) is 15.3. The van der Waals surface area contributed by atoms with Crippen molar-refractivity contribution in [2.24, 2.45) is 5.90 Å². The summed E-state index contributed by atoms with van der Waals surface area (Å²) in [4.78, 5) is 13.2. The van der Waals surface area contributed by atoms with Crippen LogP contribution in [0.2, 0.25) is 0 Å². The van der Waals surface area contributed by atoms with Crippen molar-refractivity contribution in [1.82, 2.24) is 15.2 Å². The summed E-state index contributed by atoms with van der Waals surface area (Å²) < 4.78 is 17.9. The standard InChI is InChI=1S/C8H15Br2N4O4PS/c9-1-3-13-19(15,14-4-2-10)16-6-7-5-12-8(20-7)17-18-11/h5H,1-4,6,11H2,(H2,13,14,15). The third-order valence-electron chi connectivity index (χ3n) is 1.87. The summed E-state index contributed by atoms with van der Waals surface area (Å²) in [5.41, 5.74) is 0. The highest BCUT2D eigenvalue weighted by Crippen LogP contribution is 2.39. The van der Waals surface area contributed by atoms with Gasteiger partial charge in [-0.2, -0.15) is 5.90 Å². The normalized spacial score (nSPS) is 11.8. The largest absolute Gasteiger partial charge is 0.341 e. The molecule has 0 aliphatic rings. The summed E-state index contributed by atoms with van der Waals surface area (Å²) in [5.74, 6) is 4.76. The number of alkyl halides is 2. The Labute approximate surface area is 137 Å². The number of aromatic nitrogens is 1. The first-order chi connectivity index (χ1) is 9.63. The van der Waals surface area contributed by atoms with Crippen LogP contribution in [-0.2, 0) is 20.7 Å². The maximum absolute atomic E-state index is 12.5. The molecule has 0 radical (unpaired) electrons. The highest BCUT2D eigenvalue weighted by Gasteiger charge is 2.22. The Morgan fingerprint density at radius 3 is 2.55 bits per heavy atom. The van der Waals surface area contributed by atoms with Gasteiger partial charge in [-0.25, -0.2) is 15.2 Å². The average Bonchev–Trinajstić information content (AvgIpc) is 2.89. The van der Waals surface area contributed by atoms with Crippen molar-refractivity contribution in [2.75, 3.05) is 23.7 Å². The lowest BCUT2D eigenvalue weighted by Crippen LogP contribution is -2.26. The van der Waals surface area contributed by atoms with Gasteiger partial charge in [-0.05, 0) is 0 Å². The van der Waals surface area contributed by atoms with Crippen LogP contribution in [0.4, 0.5) is 0 Å². The van der Waals surface area contributed by atoms with Crippen molar-refractivity contribution < 1.29 is 19.0 Å². The fourth-order valence-corrected chi connectivity index (χ4v) is 4.27. The molecule has 0 fully saturated rings. The summed E-state index contributed by atoms with van der Waals surface area (Å²) in [6.07, 6.45) is 1.54. The minimum atomic E-state index is -3.10. The van der Waals surface area contributed by atoms with Crippen LogP contribution < -0.4 is 21.0 Å². The van der Waals surface area contributed by atoms with E-state index in [2.05, 4.69) is 56.9 Å². The van der Waals surface area contributed by atoms with Crippen molar-refractivity contribution in [3.05, 3.63) is 11.1 Å². The van der Waals surface area contributed by atoms with Gasteiger partial charge in [0.15, 0.2) is 0 Å². The van der Waals surface area contributed by atoms with Gasteiger partial charge in [0.1, 0.15) is 0 Å². The van der Waals surface area contributed by atoms with Crippen LogP contribution in [0, 0.1) is 0 Å². The number of halogens is 2. The fourth-order valence-electron chi connectivity index (χ4n) is 1.12. The van der Waals surface area contributed by atoms with Crippen molar-refractivity contribution in [1.29, 1.82) is 0 Å². The molecule has 0 unspecified atom stereocenters. The Balaban J connectivity index is 2.53. The first kappa shape index (κ1) is 18.5. The highest BCUT2D eigenvalue weighted by molar-refractivity contribution is 9.09. The molecule has 1 rings (SSSR count). The lowest BCUT2D eigenvalue weighted by molar-refractivity contribution is -0.211. The highest BCUT2D eigenvalue weighted by atomic mass is 79.9. The van der Waals surface area contributed by atoms with Gasteiger partial charge in [0, 0.05) is 29.9 Å². The van der Waals surface area contributed by atoms with Gasteiger partial charge in [0.2, 0.25) is 0 Å². The molecule has 0 aliphatic carbocycles. The summed E-state index contributed by atoms with van der Waals surface area (Å²) in [5, 5.41) is 7.28. The molecule has 0 aromatic carbocycles. The molecule has 0 saturated carbocycles. The van der Waals surface area contributed by atoms with E-state index in [1.54, 1.807) is 6.20 Å². The predicted octanol–water partition coefficient (Wildman–Crippen LogP) is 1.92. The van der Waals surface area contributed by atoms with E-state index >= 15 is 0 Å². The second-order valence-electron chi connectivity index (χ2n) is 3.29. The zero-order valence-electron chi connectivity index (χ0n) is 10.4. The topological polar surface area (TPSA) is 108 Å². The fraction of sp³-hybridized carbons (Fsp3) is 0.625. The van der Waals surface area contributed by atoms with E-state index in [4.69, 9.17) is 10.4 Å². The van der Waals surface area contributed by atoms with Gasteiger partial charge in [0.05, 0.1) is 11.5 Å². The van der Waals surface area contributed by atoms with E-state index in [0.29, 0.717) is 23.7 Å². The molecule has 0 amide bonds. The molecule has 20 heavy (non-hydrogen) atoms. The Hall–Kier alpha value is 0.420. The third kappa shape index (κ3) is 6.92. The van der Waals surface area contributed by atoms with Gasteiger partial charge in [0.25, 0.3) is 0 Å². The van der Waals surface area contributed by atoms with Crippen molar-refractivity contribution >= 4 is 50.9 Å². The second-order valence-corrected chi connectivity index (χ2v) is 7.95. The van der Waals surface area contributed by atoms with Crippen LogP contribution in [0.25, 0.3) is 0 Å². The number of nitrogens with zero attached hydrogens (tertiary/aromatic N) is 1. The van der Waals surface area contributed by atoms with Crippen LogP contribution in [0.5, 0.6) is 5.19 Å². The number of rotatable bonds is 11. The molecule has 0 aliphatic heterocycles. The molecule has 1 aromatic rings. The number of hydrogen-bond acceptors (Lipinski definition) is 7. The van der Waals surface area contributed by atoms with E-state index in [1.165, 1.54) is 11.3 Å². The lowest BCUT2D eigenvalue weighted by Gasteiger charge is -2.19. The van der Waals surface area contributed by atoms with Crippen LogP contribution in [0.1, 0.15) is 4.88 Å². The molecule has 8 nitrogen and oxygen atoms in total. The summed E-state index contributed by atoms with van der Waals surface area (Å²) in [6, 6.07) is 0. The molecule has 4 N–H and O–H groups in total. The molecule has 116 valence electrons. The maximum Gasteiger partial charge on any atom is 0.341 e. The van der Waals surface area contributed by atoms with E-state index in [0.717, 1.165) is 4.88 Å². The van der Waals surface area contributed by atoms with E-state index < -0.39 is 7.67 Å². The Morgan fingerprint density at radius 1 is 1.35 bits per heavy atom. The molecule has 1 aromatic heterocycles. The zero-order chi connectivity index (χ0) is 14.8. The molecule has 1 heterocycles. The summed E-state index contributed by atoms with van der Waals surface area (Å²) in [6.45, 7) is 1.17. The van der Waals surface area contributed by atoms with E-state index in [-0.39, 0.29) is 11.8 Å². The van der Waals surface area contributed by atoms with E-state index in [9.17, 15) is 4.57 Å². The van der Waals surface area contributed by atoms with Crippen molar-refractivity contribution in [3.63, 3.8) is 0 Å². The van der Waals surface area contributed by atoms with Gasteiger partial charge in [-0.1, -0.05) is 48.2 Å². The van der Waals surface area contributed by atoms with Gasteiger partial charge < -0.3 is 4.52 Å². The van der Waals surface area contributed by atoms with Gasteiger partial charge in [-0.15, -0.1) is 0 Å². The minimum Gasteiger partial charge on any atom is -0.300 e. The average molecular weight is 454 g/mol. The van der Waals surface area contributed by atoms with Crippen LogP contribution >= 0.6 is 50.9 Å². The number of nitrogens with one attached hydrogen (secondary N) is 2. The summed E-state index contributed by atoms with van der Waals surface area (Å²) >= 11 is 7.71. The molecule has 0 saturated heterocycles. The number of hydrogen-bond donors (Lipinski definition) is 3. The van der Waals surface area contributed by atoms with E-state index in [1.807, 2.05) is 0 Å². The lowest BCUT2D eigenvalue weighted by atomic mass is 10.6. The SMILES string of the molecule is NOOc1ncc(COP(=O)(NCCBr)NCCBr)s1. The molecular weight excluding hydrogens is 439 g/mol. The smallest absolute Gasteiger partial charge is 0.300 e. The molecule has 0 atom stereocenters. The Kier molecular flexibility index (Phi) is 9.42. The summed E-state index contributed by atoms with van der Waals surface area (Å²) in [7, 11) is -3.10. The number of thiazole rings is 1. The van der Waals surface area contributed by atoms with Crippen molar-refractivity contribution in [2.45, 2.75) is 6.61 Å². The first-order valence-electron chi connectivity index (χ1n) is 5.48. The monoisotopic (exact) mass is 452 g/mol. The van der Waals surface area contributed by atoms with Crippen LogP contribution in [0.3, 0.4) is 0 Å². The van der Waals surface area contributed by atoms with Gasteiger partial charge >= 0.3 is 12.9 Å². The minimum absolute atomic E-state index is 0.132. The Bertz CT molecular complexity index is 426. The van der Waals surface area contributed by atoms with Gasteiger partial charge in [-0.3, -0.25) is 9.45 Å².